The Morgan fingerprint density at radius 2 is 1.91 bits per heavy atom. The number of pyridine rings is 1. The van der Waals surface area contributed by atoms with Crippen LogP contribution in [0.3, 0.4) is 0 Å². The molecule has 8 heteroatoms. The molecule has 3 rings (SSSR count). The highest BCUT2D eigenvalue weighted by molar-refractivity contribution is 6.31. The number of amides is 3. The molecule has 33 heavy (non-hydrogen) atoms. The first-order chi connectivity index (χ1) is 15.0. The largest absolute Gasteiger partial charge is 0.329 e. The maximum Gasteiger partial charge on any atom is 0.329 e. The van der Waals surface area contributed by atoms with Crippen LogP contribution in [0.2, 0.25) is 5.02 Å². The molecule has 2 heterocycles. The topological polar surface area (TPSA) is 65.5 Å². The van der Waals surface area contributed by atoms with Crippen molar-refractivity contribution in [2.24, 2.45) is 11.3 Å². The average Bonchev–Trinajstić information content (AvgIpc) is 2.71. The van der Waals surface area contributed by atoms with Gasteiger partial charge in [0.15, 0.2) is 0 Å². The molecule has 0 bridgehead atoms. The second-order valence-corrected chi connectivity index (χ2v) is 10.2. The van der Waals surface area contributed by atoms with E-state index in [-0.39, 0.29) is 41.7 Å². The van der Waals surface area contributed by atoms with Crippen LogP contribution in [0.1, 0.15) is 60.1 Å². The smallest absolute Gasteiger partial charge is 0.315 e. The van der Waals surface area contributed by atoms with Gasteiger partial charge in [-0.25, -0.2) is 9.78 Å². The Hall–Kier alpha value is -2.31. The lowest BCUT2D eigenvalue weighted by molar-refractivity contribution is -0.119. The zero-order valence-corrected chi connectivity index (χ0v) is 21.8. The predicted molar refractivity (Wildman–Crippen MR) is 138 cm³/mol. The number of anilines is 3. The highest BCUT2D eigenvalue weighted by Crippen LogP contribution is 2.37. The Kier molecular flexibility index (Phi) is 8.77. The molecule has 1 N–H and O–H groups in total. The number of urea groups is 1. The SMILES string of the molecule is CC[C@@H](C)C(=O)Nc1ccc2c(n1)CN(C(C)CC(C)(C)C)C(=O)N2c1cccc(Cl)c1.Cl. The summed E-state index contributed by atoms with van der Waals surface area (Å²) < 4.78 is 0. The van der Waals surface area contributed by atoms with Crippen molar-refractivity contribution in [2.75, 3.05) is 10.2 Å². The number of nitrogens with zero attached hydrogens (tertiary/aromatic N) is 3. The maximum absolute atomic E-state index is 13.6. The number of carbonyl (C=O) groups excluding carboxylic acids is 2. The van der Waals surface area contributed by atoms with E-state index in [4.69, 9.17) is 16.6 Å². The van der Waals surface area contributed by atoms with Gasteiger partial charge in [-0.1, -0.05) is 52.3 Å². The highest BCUT2D eigenvalue weighted by Gasteiger charge is 2.36. The lowest BCUT2D eigenvalue weighted by atomic mass is 9.88. The minimum Gasteiger partial charge on any atom is -0.315 e. The Morgan fingerprint density at radius 1 is 1.21 bits per heavy atom. The quantitative estimate of drug-likeness (QED) is 0.469. The van der Waals surface area contributed by atoms with Gasteiger partial charge in [0.1, 0.15) is 5.82 Å². The van der Waals surface area contributed by atoms with E-state index in [9.17, 15) is 9.59 Å². The third-order valence-electron chi connectivity index (χ3n) is 5.77. The van der Waals surface area contributed by atoms with Crippen LogP contribution in [0, 0.1) is 11.3 Å². The second kappa shape index (κ2) is 10.7. The van der Waals surface area contributed by atoms with Gasteiger partial charge in [-0.2, -0.15) is 0 Å². The highest BCUT2D eigenvalue weighted by atomic mass is 35.5. The predicted octanol–water partition coefficient (Wildman–Crippen LogP) is 7.04. The van der Waals surface area contributed by atoms with Crippen LogP contribution in [-0.4, -0.2) is 27.9 Å². The summed E-state index contributed by atoms with van der Waals surface area (Å²) in [5.74, 6) is 0.343. The van der Waals surface area contributed by atoms with Crippen molar-refractivity contribution < 1.29 is 9.59 Å². The monoisotopic (exact) mass is 492 g/mol. The van der Waals surface area contributed by atoms with Crippen molar-refractivity contribution in [2.45, 2.75) is 67.0 Å². The van der Waals surface area contributed by atoms with E-state index in [1.807, 2.05) is 36.9 Å². The molecule has 3 amide bonds. The third-order valence-corrected chi connectivity index (χ3v) is 6.00. The molecule has 1 aliphatic rings. The molecule has 180 valence electrons. The summed E-state index contributed by atoms with van der Waals surface area (Å²) in [7, 11) is 0. The van der Waals surface area contributed by atoms with E-state index in [0.717, 1.165) is 18.5 Å². The van der Waals surface area contributed by atoms with Gasteiger partial charge in [0.25, 0.3) is 0 Å². The number of rotatable bonds is 6. The number of benzene rings is 1. The molecule has 1 unspecified atom stereocenters. The van der Waals surface area contributed by atoms with Gasteiger partial charge in [-0.05, 0) is 55.5 Å². The maximum atomic E-state index is 13.6. The molecule has 0 saturated carbocycles. The number of aromatic nitrogens is 1. The van der Waals surface area contributed by atoms with E-state index >= 15 is 0 Å². The number of carbonyl (C=O) groups is 2. The number of hydrogen-bond acceptors (Lipinski definition) is 3. The summed E-state index contributed by atoms with van der Waals surface area (Å²) in [5.41, 5.74) is 2.21. The van der Waals surface area contributed by atoms with E-state index in [1.54, 1.807) is 23.1 Å². The lowest BCUT2D eigenvalue weighted by Crippen LogP contribution is -2.49. The van der Waals surface area contributed by atoms with Crippen LogP contribution in [0.15, 0.2) is 36.4 Å². The summed E-state index contributed by atoms with van der Waals surface area (Å²) in [6.45, 7) is 12.8. The van der Waals surface area contributed by atoms with Crippen molar-refractivity contribution >= 4 is 53.1 Å². The van der Waals surface area contributed by atoms with Crippen LogP contribution >= 0.6 is 24.0 Å². The fraction of sp³-hybridized carbons (Fsp3) is 0.480. The Balaban J connectivity index is 0.00000385. The zero-order valence-electron chi connectivity index (χ0n) is 20.2. The summed E-state index contributed by atoms with van der Waals surface area (Å²) >= 11 is 6.24. The fourth-order valence-corrected chi connectivity index (χ4v) is 4.17. The van der Waals surface area contributed by atoms with Crippen LogP contribution < -0.4 is 10.2 Å². The van der Waals surface area contributed by atoms with E-state index in [0.29, 0.717) is 28.8 Å². The summed E-state index contributed by atoms with van der Waals surface area (Å²) in [5, 5.41) is 3.46. The number of fused-ring (bicyclic) bond motifs is 1. The minimum atomic E-state index is -0.102. The second-order valence-electron chi connectivity index (χ2n) is 9.80. The first-order valence-corrected chi connectivity index (χ1v) is 11.5. The first kappa shape index (κ1) is 26.9. The van der Waals surface area contributed by atoms with Gasteiger partial charge in [-0.15, -0.1) is 12.4 Å². The molecule has 0 saturated heterocycles. The number of nitrogens with one attached hydrogen (secondary N) is 1. The minimum absolute atomic E-state index is 0. The van der Waals surface area contributed by atoms with Crippen molar-refractivity contribution in [1.29, 1.82) is 0 Å². The van der Waals surface area contributed by atoms with Gasteiger partial charge >= 0.3 is 6.03 Å². The van der Waals surface area contributed by atoms with Crippen LogP contribution in [0.25, 0.3) is 0 Å². The summed E-state index contributed by atoms with van der Waals surface area (Å²) in [6.07, 6.45) is 1.60. The molecule has 0 aliphatic carbocycles. The zero-order chi connectivity index (χ0) is 23.6. The van der Waals surface area contributed by atoms with Crippen molar-refractivity contribution in [3.63, 3.8) is 0 Å². The molecule has 1 aromatic carbocycles. The third kappa shape index (κ3) is 6.39. The molecule has 1 aliphatic heterocycles. The molecule has 2 atom stereocenters. The van der Waals surface area contributed by atoms with Gasteiger partial charge in [-0.3, -0.25) is 9.69 Å². The van der Waals surface area contributed by atoms with Crippen LogP contribution in [0.5, 0.6) is 0 Å². The Labute approximate surface area is 208 Å². The Morgan fingerprint density at radius 3 is 2.52 bits per heavy atom. The fourth-order valence-electron chi connectivity index (χ4n) is 3.98. The Bertz CT molecular complexity index is 1010. The molecular formula is C25H34Cl2N4O2. The number of halogens is 2. The van der Waals surface area contributed by atoms with Crippen molar-refractivity contribution in [3.8, 4) is 0 Å². The van der Waals surface area contributed by atoms with E-state index in [1.165, 1.54) is 0 Å². The van der Waals surface area contributed by atoms with Crippen molar-refractivity contribution in [3.05, 3.63) is 47.1 Å². The van der Waals surface area contributed by atoms with E-state index in [2.05, 4.69) is 33.0 Å². The first-order valence-electron chi connectivity index (χ1n) is 11.2. The molecule has 0 spiro atoms. The molecule has 0 fully saturated rings. The standard InChI is InChI=1S/C25H33ClN4O2.ClH/c1-7-16(2)23(31)28-22-12-11-21-20(27-22)15-29(17(3)14-25(4,5)6)24(32)30(21)19-10-8-9-18(26)13-19;/h8-13,16-17H,7,14-15H2,1-6H3,(H,27,28,31);1H/t16-,17?;/m1./s1. The van der Waals surface area contributed by atoms with Crippen LogP contribution in [-0.2, 0) is 11.3 Å². The number of hydrogen-bond donors (Lipinski definition) is 1. The summed E-state index contributed by atoms with van der Waals surface area (Å²) in [4.78, 5) is 34.2. The molecular weight excluding hydrogens is 459 g/mol. The average molecular weight is 493 g/mol. The summed E-state index contributed by atoms with van der Waals surface area (Å²) in [6, 6.07) is 10.8. The molecule has 0 radical (unpaired) electrons. The van der Waals surface area contributed by atoms with E-state index < -0.39 is 0 Å². The normalized spacial score (nSPS) is 15.4. The lowest BCUT2D eigenvalue weighted by Gasteiger charge is -2.41. The molecule has 1 aromatic heterocycles. The molecule has 6 nitrogen and oxygen atoms in total. The van der Waals surface area contributed by atoms with Gasteiger partial charge < -0.3 is 10.2 Å². The van der Waals surface area contributed by atoms with Gasteiger partial charge in [0.05, 0.1) is 23.6 Å². The van der Waals surface area contributed by atoms with Crippen LogP contribution in [0.4, 0.5) is 22.0 Å². The van der Waals surface area contributed by atoms with Gasteiger partial charge in [0.2, 0.25) is 5.91 Å². The van der Waals surface area contributed by atoms with Gasteiger partial charge in [0, 0.05) is 17.0 Å². The van der Waals surface area contributed by atoms with Crippen molar-refractivity contribution in [1.82, 2.24) is 9.88 Å². The molecule has 2 aromatic rings.